The zero-order valence-corrected chi connectivity index (χ0v) is 9.90. The van der Waals surface area contributed by atoms with Crippen molar-refractivity contribution in [2.75, 3.05) is 0 Å². The van der Waals surface area contributed by atoms with Crippen molar-refractivity contribution in [3.05, 3.63) is 24.2 Å². The van der Waals surface area contributed by atoms with Crippen molar-refractivity contribution in [1.29, 1.82) is 5.26 Å². The van der Waals surface area contributed by atoms with Crippen LogP contribution >= 0.6 is 0 Å². The standard InChI is InChI=1S/C13H16N2O2/c1-10(4-5-11-3-2-8-17-11)15-12(16)13(9-14)6-7-13/h2-3,8,10H,4-7H2,1H3,(H,15,16). The van der Waals surface area contributed by atoms with Crippen molar-refractivity contribution in [3.63, 3.8) is 0 Å². The van der Waals surface area contributed by atoms with Gasteiger partial charge in [0.1, 0.15) is 11.2 Å². The highest BCUT2D eigenvalue weighted by Gasteiger charge is 2.50. The number of aryl methyl sites for hydroxylation is 1. The molecule has 4 heteroatoms. The third-order valence-electron chi connectivity index (χ3n) is 3.18. The quantitative estimate of drug-likeness (QED) is 0.844. The van der Waals surface area contributed by atoms with E-state index in [1.54, 1.807) is 6.26 Å². The van der Waals surface area contributed by atoms with Gasteiger partial charge in [-0.3, -0.25) is 4.79 Å². The molecule has 1 aliphatic rings. The van der Waals surface area contributed by atoms with E-state index in [2.05, 4.69) is 11.4 Å². The molecule has 0 radical (unpaired) electrons. The van der Waals surface area contributed by atoms with Gasteiger partial charge < -0.3 is 9.73 Å². The SMILES string of the molecule is CC(CCc1ccco1)NC(=O)C1(C#N)CC1. The molecule has 0 spiro atoms. The van der Waals surface area contributed by atoms with E-state index < -0.39 is 5.41 Å². The summed E-state index contributed by atoms with van der Waals surface area (Å²) in [5.41, 5.74) is -0.723. The van der Waals surface area contributed by atoms with Crippen LogP contribution in [0.1, 0.15) is 31.9 Å². The Morgan fingerprint density at radius 2 is 2.47 bits per heavy atom. The second-order valence-corrected chi connectivity index (χ2v) is 4.69. The molecule has 0 bridgehead atoms. The van der Waals surface area contributed by atoms with E-state index in [1.807, 2.05) is 19.1 Å². The van der Waals surface area contributed by atoms with Gasteiger partial charge in [0.05, 0.1) is 12.3 Å². The maximum atomic E-state index is 11.8. The summed E-state index contributed by atoms with van der Waals surface area (Å²) in [7, 11) is 0. The topological polar surface area (TPSA) is 66.0 Å². The molecular formula is C13H16N2O2. The molecule has 1 aliphatic carbocycles. The highest BCUT2D eigenvalue weighted by Crippen LogP contribution is 2.45. The fraction of sp³-hybridized carbons (Fsp3) is 0.538. The van der Waals surface area contributed by atoms with Crippen molar-refractivity contribution in [1.82, 2.24) is 5.32 Å². The number of rotatable bonds is 5. The Kier molecular flexibility index (Phi) is 3.19. The van der Waals surface area contributed by atoms with E-state index in [9.17, 15) is 4.79 Å². The molecule has 17 heavy (non-hydrogen) atoms. The average Bonchev–Trinajstić information content (AvgIpc) is 2.96. The largest absolute Gasteiger partial charge is 0.469 e. The lowest BCUT2D eigenvalue weighted by atomic mass is 10.1. The molecular weight excluding hydrogens is 216 g/mol. The Bertz CT molecular complexity index is 427. The van der Waals surface area contributed by atoms with Crippen molar-refractivity contribution in [2.45, 2.75) is 38.6 Å². The van der Waals surface area contributed by atoms with Crippen molar-refractivity contribution < 1.29 is 9.21 Å². The number of nitrogens with zero attached hydrogens (tertiary/aromatic N) is 1. The first-order valence-corrected chi connectivity index (χ1v) is 5.91. The number of amides is 1. The van der Waals surface area contributed by atoms with Gasteiger partial charge in [0.25, 0.3) is 0 Å². The molecule has 2 rings (SSSR count). The van der Waals surface area contributed by atoms with Gasteiger partial charge >= 0.3 is 0 Å². The summed E-state index contributed by atoms with van der Waals surface area (Å²) in [4.78, 5) is 11.8. The smallest absolute Gasteiger partial charge is 0.240 e. The van der Waals surface area contributed by atoms with Crippen LogP contribution in [-0.2, 0) is 11.2 Å². The van der Waals surface area contributed by atoms with Crippen LogP contribution in [-0.4, -0.2) is 11.9 Å². The zero-order valence-electron chi connectivity index (χ0n) is 9.90. The fourth-order valence-corrected chi connectivity index (χ4v) is 1.76. The van der Waals surface area contributed by atoms with Gasteiger partial charge in [0.2, 0.25) is 5.91 Å². The maximum absolute atomic E-state index is 11.8. The molecule has 4 nitrogen and oxygen atoms in total. The van der Waals surface area contributed by atoms with Gasteiger partial charge in [-0.25, -0.2) is 0 Å². The predicted octanol–water partition coefficient (Wildman–Crippen LogP) is 2.02. The summed E-state index contributed by atoms with van der Waals surface area (Å²) >= 11 is 0. The van der Waals surface area contributed by atoms with Crippen molar-refractivity contribution in [3.8, 4) is 6.07 Å². The average molecular weight is 232 g/mol. The first-order valence-electron chi connectivity index (χ1n) is 5.91. The Balaban J connectivity index is 1.76. The molecule has 1 N–H and O–H groups in total. The Hall–Kier alpha value is -1.76. The van der Waals surface area contributed by atoms with Crippen LogP contribution in [0.2, 0.25) is 0 Å². The van der Waals surface area contributed by atoms with Crippen molar-refractivity contribution in [2.24, 2.45) is 5.41 Å². The maximum Gasteiger partial charge on any atom is 0.240 e. The number of furan rings is 1. The molecule has 90 valence electrons. The third kappa shape index (κ3) is 2.68. The molecule has 1 amide bonds. The van der Waals surface area contributed by atoms with Crippen molar-refractivity contribution >= 4 is 5.91 Å². The fourth-order valence-electron chi connectivity index (χ4n) is 1.76. The zero-order chi connectivity index (χ0) is 12.3. The van der Waals surface area contributed by atoms with Gasteiger partial charge in [0, 0.05) is 12.5 Å². The van der Waals surface area contributed by atoms with Crippen LogP contribution in [0, 0.1) is 16.7 Å². The predicted molar refractivity (Wildman–Crippen MR) is 61.9 cm³/mol. The van der Waals surface area contributed by atoms with Crippen LogP contribution in [0.4, 0.5) is 0 Å². The summed E-state index contributed by atoms with van der Waals surface area (Å²) < 4.78 is 5.22. The minimum absolute atomic E-state index is 0.0680. The lowest BCUT2D eigenvalue weighted by Crippen LogP contribution is -2.38. The van der Waals surface area contributed by atoms with E-state index in [-0.39, 0.29) is 11.9 Å². The molecule has 1 aromatic heterocycles. The normalized spacial score (nSPS) is 18.1. The number of nitriles is 1. The number of nitrogens with one attached hydrogen (secondary N) is 1. The van der Waals surface area contributed by atoms with Gasteiger partial charge in [-0.1, -0.05) is 0 Å². The lowest BCUT2D eigenvalue weighted by Gasteiger charge is -2.15. The molecule has 1 fully saturated rings. The summed E-state index contributed by atoms with van der Waals surface area (Å²) in [6.07, 6.45) is 4.66. The molecule has 1 heterocycles. The molecule has 0 aliphatic heterocycles. The first-order chi connectivity index (χ1) is 8.16. The molecule has 0 aromatic carbocycles. The Labute approximate surface area is 101 Å². The van der Waals surface area contributed by atoms with Crippen LogP contribution in [0.5, 0.6) is 0 Å². The summed E-state index contributed by atoms with van der Waals surface area (Å²) in [6.45, 7) is 1.95. The second kappa shape index (κ2) is 4.62. The summed E-state index contributed by atoms with van der Waals surface area (Å²) in [6, 6.07) is 5.94. The highest BCUT2D eigenvalue weighted by molar-refractivity contribution is 5.88. The van der Waals surface area contributed by atoms with E-state index in [4.69, 9.17) is 9.68 Å². The number of hydrogen-bond donors (Lipinski definition) is 1. The highest BCUT2D eigenvalue weighted by atomic mass is 16.3. The molecule has 1 atom stereocenters. The monoisotopic (exact) mass is 232 g/mol. The minimum Gasteiger partial charge on any atom is -0.469 e. The first kappa shape index (κ1) is 11.7. The third-order valence-corrected chi connectivity index (χ3v) is 3.18. The lowest BCUT2D eigenvalue weighted by molar-refractivity contribution is -0.125. The van der Waals surface area contributed by atoms with E-state index in [1.165, 1.54) is 0 Å². The Morgan fingerprint density at radius 1 is 1.71 bits per heavy atom. The van der Waals surface area contributed by atoms with Gasteiger partial charge in [0.15, 0.2) is 0 Å². The minimum atomic E-state index is -0.723. The van der Waals surface area contributed by atoms with E-state index in [0.717, 1.165) is 18.6 Å². The van der Waals surface area contributed by atoms with Crippen LogP contribution < -0.4 is 5.32 Å². The molecule has 0 saturated heterocycles. The van der Waals surface area contributed by atoms with Crippen LogP contribution in [0.25, 0.3) is 0 Å². The number of carbonyl (C=O) groups is 1. The van der Waals surface area contributed by atoms with Gasteiger partial charge in [-0.05, 0) is 38.3 Å². The number of carbonyl (C=O) groups excluding carboxylic acids is 1. The van der Waals surface area contributed by atoms with Gasteiger partial charge in [-0.15, -0.1) is 0 Å². The molecule has 1 saturated carbocycles. The number of hydrogen-bond acceptors (Lipinski definition) is 3. The summed E-state index contributed by atoms with van der Waals surface area (Å²) in [5.74, 6) is 0.805. The van der Waals surface area contributed by atoms with Crippen LogP contribution in [0.3, 0.4) is 0 Å². The van der Waals surface area contributed by atoms with Crippen LogP contribution in [0.15, 0.2) is 22.8 Å². The second-order valence-electron chi connectivity index (χ2n) is 4.69. The van der Waals surface area contributed by atoms with E-state index in [0.29, 0.717) is 12.8 Å². The van der Waals surface area contributed by atoms with E-state index >= 15 is 0 Å². The Morgan fingerprint density at radius 3 is 3.00 bits per heavy atom. The summed E-state index contributed by atoms with van der Waals surface area (Å²) in [5, 5.41) is 11.8. The molecule has 1 unspecified atom stereocenters. The molecule has 1 aromatic rings. The van der Waals surface area contributed by atoms with Gasteiger partial charge in [-0.2, -0.15) is 5.26 Å².